The number of ketones is 1. The highest BCUT2D eigenvalue weighted by atomic mass is 16.5. The number of fused-ring (bicyclic) bond motifs is 1. The Kier molecular flexibility index (Phi) is 9.45. The second kappa shape index (κ2) is 12.5. The summed E-state index contributed by atoms with van der Waals surface area (Å²) in [6.07, 6.45) is 3.57. The molecule has 1 atom stereocenters. The normalized spacial score (nSPS) is 12.7. The number of ether oxygens (including phenoxy) is 1. The summed E-state index contributed by atoms with van der Waals surface area (Å²) in [5.74, 6) is 0.0328. The van der Waals surface area contributed by atoms with Crippen LogP contribution < -0.4 is 10.1 Å². The predicted molar refractivity (Wildman–Crippen MR) is 143 cm³/mol. The second-order valence-electron chi connectivity index (χ2n) is 9.49. The Bertz CT molecular complexity index is 1210. The van der Waals surface area contributed by atoms with Gasteiger partial charge in [0.05, 0.1) is 12.3 Å². The standard InChI is InChI=1S/C20H27N3O2.C10H12O/c1-6-17-8-7-16(9-13(17)2)12-21-20(25)19(15(4)24)11-18-10-14(3)22-23(18)5;1-2-8-3-4-10-9(7-8)5-6-11-10/h7-10,19H,6,11-12H2,1-5H3,(H,21,25);3-4,7H,2,5-6H2,1H3. The lowest BCUT2D eigenvalue weighted by atomic mass is 9.97. The lowest BCUT2D eigenvalue weighted by molar-refractivity contribution is -0.133. The van der Waals surface area contributed by atoms with Crippen LogP contribution in [0.25, 0.3) is 0 Å². The molecule has 1 unspecified atom stereocenters. The van der Waals surface area contributed by atoms with Gasteiger partial charge in [-0.25, -0.2) is 0 Å². The number of aromatic nitrogens is 2. The van der Waals surface area contributed by atoms with E-state index in [-0.39, 0.29) is 11.7 Å². The van der Waals surface area contributed by atoms with Gasteiger partial charge < -0.3 is 10.1 Å². The van der Waals surface area contributed by atoms with Gasteiger partial charge in [-0.1, -0.05) is 44.2 Å². The summed E-state index contributed by atoms with van der Waals surface area (Å²) in [6.45, 7) is 11.0. The van der Waals surface area contributed by atoms with Gasteiger partial charge in [0.2, 0.25) is 5.91 Å². The van der Waals surface area contributed by atoms with Gasteiger partial charge in [-0.05, 0) is 73.6 Å². The Morgan fingerprint density at radius 3 is 2.42 bits per heavy atom. The van der Waals surface area contributed by atoms with Crippen molar-refractivity contribution in [3.63, 3.8) is 0 Å². The fourth-order valence-corrected chi connectivity index (χ4v) is 4.52. The van der Waals surface area contributed by atoms with Gasteiger partial charge in [0, 0.05) is 32.1 Å². The smallest absolute Gasteiger partial charge is 0.231 e. The van der Waals surface area contributed by atoms with Crippen molar-refractivity contribution in [3.05, 3.63) is 81.7 Å². The van der Waals surface area contributed by atoms with E-state index in [1.807, 2.05) is 26.1 Å². The van der Waals surface area contributed by atoms with Crippen LogP contribution in [0.2, 0.25) is 0 Å². The third-order valence-corrected chi connectivity index (χ3v) is 6.74. The first-order valence-electron chi connectivity index (χ1n) is 12.8. The van der Waals surface area contributed by atoms with E-state index >= 15 is 0 Å². The molecule has 0 aliphatic carbocycles. The molecular formula is C30H39N3O3. The minimum absolute atomic E-state index is 0.131. The maximum absolute atomic E-state index is 12.5. The summed E-state index contributed by atoms with van der Waals surface area (Å²) in [4.78, 5) is 24.5. The van der Waals surface area contributed by atoms with Gasteiger partial charge in [-0.3, -0.25) is 14.3 Å². The average Bonchev–Trinajstić information content (AvgIpc) is 3.45. The van der Waals surface area contributed by atoms with Crippen LogP contribution in [0.15, 0.2) is 42.5 Å². The lowest BCUT2D eigenvalue weighted by Gasteiger charge is -2.15. The molecule has 0 saturated heterocycles. The van der Waals surface area contributed by atoms with Crippen LogP contribution in [0.4, 0.5) is 0 Å². The van der Waals surface area contributed by atoms with E-state index in [2.05, 4.69) is 61.5 Å². The van der Waals surface area contributed by atoms with Crippen molar-refractivity contribution < 1.29 is 14.3 Å². The molecule has 0 fully saturated rings. The van der Waals surface area contributed by atoms with Crippen molar-refractivity contribution in [1.29, 1.82) is 0 Å². The van der Waals surface area contributed by atoms with Gasteiger partial charge in [-0.2, -0.15) is 5.10 Å². The molecule has 1 aliphatic heterocycles. The topological polar surface area (TPSA) is 73.2 Å². The molecule has 0 saturated carbocycles. The van der Waals surface area contributed by atoms with Crippen LogP contribution in [-0.2, 0) is 48.9 Å². The molecule has 0 spiro atoms. The first-order valence-corrected chi connectivity index (χ1v) is 12.8. The molecule has 0 bridgehead atoms. The minimum atomic E-state index is -0.689. The third kappa shape index (κ3) is 7.06. The number of hydrogen-bond acceptors (Lipinski definition) is 4. The molecular weight excluding hydrogens is 450 g/mol. The van der Waals surface area contributed by atoms with Crippen LogP contribution in [0.1, 0.15) is 60.0 Å². The Morgan fingerprint density at radius 2 is 1.81 bits per heavy atom. The number of rotatable bonds is 8. The van der Waals surface area contributed by atoms with Crippen molar-refractivity contribution in [1.82, 2.24) is 15.1 Å². The summed E-state index contributed by atoms with van der Waals surface area (Å²) in [7, 11) is 1.83. The quantitative estimate of drug-likeness (QED) is 0.459. The van der Waals surface area contributed by atoms with Crippen molar-refractivity contribution in [2.75, 3.05) is 6.61 Å². The average molecular weight is 490 g/mol. The number of hydrogen-bond donors (Lipinski definition) is 1. The van der Waals surface area contributed by atoms with Crippen molar-refractivity contribution in [3.8, 4) is 5.75 Å². The highest BCUT2D eigenvalue weighted by Crippen LogP contribution is 2.25. The fraction of sp³-hybridized carbons (Fsp3) is 0.433. The molecule has 1 aliphatic rings. The number of benzene rings is 2. The van der Waals surface area contributed by atoms with E-state index < -0.39 is 5.92 Å². The predicted octanol–water partition coefficient (Wildman–Crippen LogP) is 4.85. The molecule has 36 heavy (non-hydrogen) atoms. The summed E-state index contributed by atoms with van der Waals surface area (Å²) in [5.41, 5.74) is 8.13. The Labute approximate surface area is 215 Å². The molecule has 4 rings (SSSR count). The number of carbonyl (C=O) groups is 2. The number of Topliss-reactive ketones (excluding diaryl/α,β-unsaturated/α-hetero) is 1. The van der Waals surface area contributed by atoms with Gasteiger partial charge in [0.25, 0.3) is 0 Å². The molecule has 192 valence electrons. The minimum Gasteiger partial charge on any atom is -0.493 e. The molecule has 1 amide bonds. The van der Waals surface area contributed by atoms with Gasteiger partial charge in [-0.15, -0.1) is 0 Å². The Morgan fingerprint density at radius 1 is 1.06 bits per heavy atom. The van der Waals surface area contributed by atoms with Crippen LogP contribution in [0, 0.1) is 19.8 Å². The maximum Gasteiger partial charge on any atom is 0.231 e. The first-order chi connectivity index (χ1) is 17.2. The summed E-state index contributed by atoms with van der Waals surface area (Å²) < 4.78 is 7.13. The number of carbonyl (C=O) groups excluding carboxylic acids is 2. The van der Waals surface area contributed by atoms with Crippen LogP contribution >= 0.6 is 0 Å². The highest BCUT2D eigenvalue weighted by molar-refractivity contribution is 6.00. The third-order valence-electron chi connectivity index (χ3n) is 6.74. The zero-order chi connectivity index (χ0) is 26.2. The van der Waals surface area contributed by atoms with Crippen LogP contribution in [-0.4, -0.2) is 28.1 Å². The van der Waals surface area contributed by atoms with Gasteiger partial charge in [0.15, 0.2) is 0 Å². The Hall–Kier alpha value is -3.41. The zero-order valence-electron chi connectivity index (χ0n) is 22.5. The van der Waals surface area contributed by atoms with Crippen molar-refractivity contribution in [2.24, 2.45) is 13.0 Å². The van der Waals surface area contributed by atoms with E-state index in [1.165, 1.54) is 29.2 Å². The van der Waals surface area contributed by atoms with Gasteiger partial charge >= 0.3 is 0 Å². The number of amides is 1. The Balaban J connectivity index is 0.000000270. The van der Waals surface area contributed by atoms with E-state index in [4.69, 9.17) is 4.74 Å². The number of nitrogens with one attached hydrogen (secondary N) is 1. The second-order valence-corrected chi connectivity index (χ2v) is 9.49. The van der Waals surface area contributed by atoms with E-state index in [0.717, 1.165) is 48.6 Å². The molecule has 6 heteroatoms. The van der Waals surface area contributed by atoms with Crippen molar-refractivity contribution in [2.45, 2.75) is 66.8 Å². The SMILES string of the molecule is CCc1ccc(CNC(=O)C(Cc2cc(C)nn2C)C(C)=O)cc1C.CCc1ccc2c(c1)CCO2. The van der Waals surface area contributed by atoms with Gasteiger partial charge in [0.1, 0.15) is 17.5 Å². The lowest BCUT2D eigenvalue weighted by Crippen LogP contribution is -2.35. The van der Waals surface area contributed by atoms with E-state index in [0.29, 0.717) is 13.0 Å². The molecule has 2 heterocycles. The monoisotopic (exact) mass is 489 g/mol. The zero-order valence-corrected chi connectivity index (χ0v) is 22.5. The highest BCUT2D eigenvalue weighted by Gasteiger charge is 2.25. The fourth-order valence-electron chi connectivity index (χ4n) is 4.52. The molecule has 1 aromatic heterocycles. The largest absolute Gasteiger partial charge is 0.493 e. The number of nitrogens with zero attached hydrogens (tertiary/aromatic N) is 2. The van der Waals surface area contributed by atoms with E-state index in [9.17, 15) is 9.59 Å². The summed E-state index contributed by atoms with van der Waals surface area (Å²) >= 11 is 0. The summed E-state index contributed by atoms with van der Waals surface area (Å²) in [6, 6.07) is 14.6. The molecule has 6 nitrogen and oxygen atoms in total. The number of aryl methyl sites for hydroxylation is 5. The van der Waals surface area contributed by atoms with Crippen LogP contribution in [0.5, 0.6) is 5.75 Å². The summed E-state index contributed by atoms with van der Waals surface area (Å²) in [5, 5.41) is 7.18. The van der Waals surface area contributed by atoms with Crippen LogP contribution in [0.3, 0.4) is 0 Å². The molecule has 0 radical (unpaired) electrons. The van der Waals surface area contributed by atoms with E-state index in [1.54, 1.807) is 4.68 Å². The molecule has 3 aromatic rings. The maximum atomic E-state index is 12.5. The van der Waals surface area contributed by atoms with Crippen molar-refractivity contribution >= 4 is 11.7 Å². The molecule has 1 N–H and O–H groups in total. The molecule has 2 aromatic carbocycles. The first kappa shape index (κ1) is 27.2.